The maximum Gasteiger partial charge on any atom is 0.291 e. The molecule has 2 heterocycles. The molecule has 0 aliphatic rings. The van der Waals surface area contributed by atoms with Gasteiger partial charge in [-0.05, 0) is 56.7 Å². The van der Waals surface area contributed by atoms with Gasteiger partial charge in [-0.1, -0.05) is 17.7 Å². The van der Waals surface area contributed by atoms with Gasteiger partial charge in [-0.2, -0.15) is 5.10 Å². The van der Waals surface area contributed by atoms with Gasteiger partial charge in [0.15, 0.2) is 5.76 Å². The van der Waals surface area contributed by atoms with E-state index in [0.29, 0.717) is 23.0 Å². The summed E-state index contributed by atoms with van der Waals surface area (Å²) < 4.78 is 7.48. The molecule has 3 rings (SSSR count). The number of hydrogen-bond acceptors (Lipinski definition) is 3. The van der Waals surface area contributed by atoms with Crippen LogP contribution in [-0.4, -0.2) is 15.7 Å². The highest BCUT2D eigenvalue weighted by atomic mass is 35.5. The van der Waals surface area contributed by atoms with E-state index in [1.165, 1.54) is 0 Å². The zero-order chi connectivity index (χ0) is 17.3. The number of hydrogen-bond donors (Lipinski definition) is 1. The molecule has 2 aromatic heterocycles. The van der Waals surface area contributed by atoms with E-state index in [0.717, 1.165) is 17.0 Å². The fourth-order valence-electron chi connectivity index (χ4n) is 2.43. The summed E-state index contributed by atoms with van der Waals surface area (Å²) in [7, 11) is 0. The number of furan rings is 1. The number of rotatable bonds is 4. The normalized spacial score (nSPS) is 10.8. The van der Waals surface area contributed by atoms with Crippen LogP contribution in [0, 0.1) is 20.8 Å². The number of aromatic nitrogens is 2. The van der Waals surface area contributed by atoms with E-state index in [1.807, 2.05) is 37.6 Å². The quantitative estimate of drug-likeness (QED) is 0.765. The number of anilines is 1. The van der Waals surface area contributed by atoms with Gasteiger partial charge in [-0.3, -0.25) is 9.48 Å². The second-order valence-electron chi connectivity index (χ2n) is 5.77. The lowest BCUT2D eigenvalue weighted by Crippen LogP contribution is -2.11. The van der Waals surface area contributed by atoms with Crippen molar-refractivity contribution in [2.24, 2.45) is 0 Å². The summed E-state index contributed by atoms with van der Waals surface area (Å²) in [5.74, 6) is 0.617. The maximum absolute atomic E-state index is 12.3. The Bertz CT molecular complexity index is 896. The molecule has 0 fully saturated rings. The van der Waals surface area contributed by atoms with Crippen molar-refractivity contribution >= 4 is 23.2 Å². The van der Waals surface area contributed by atoms with Crippen LogP contribution in [0.15, 0.2) is 40.8 Å². The molecule has 124 valence electrons. The van der Waals surface area contributed by atoms with Crippen molar-refractivity contribution in [1.82, 2.24) is 9.78 Å². The average molecular weight is 344 g/mol. The lowest BCUT2D eigenvalue weighted by atomic mass is 10.2. The molecule has 0 saturated carbocycles. The predicted octanol–water partition coefficient (Wildman–Crippen LogP) is 4.36. The molecule has 5 nitrogen and oxygen atoms in total. The van der Waals surface area contributed by atoms with Crippen molar-refractivity contribution in [1.29, 1.82) is 0 Å². The number of aryl methyl sites for hydroxylation is 3. The van der Waals surface area contributed by atoms with E-state index in [2.05, 4.69) is 10.4 Å². The topological polar surface area (TPSA) is 60.1 Å². The smallest absolute Gasteiger partial charge is 0.291 e. The minimum Gasteiger partial charge on any atom is -0.454 e. The van der Waals surface area contributed by atoms with Crippen LogP contribution in [-0.2, 0) is 6.54 Å². The van der Waals surface area contributed by atoms with Crippen LogP contribution in [0.1, 0.15) is 33.3 Å². The van der Waals surface area contributed by atoms with E-state index in [1.54, 1.807) is 24.3 Å². The molecule has 0 unspecified atom stereocenters. The van der Waals surface area contributed by atoms with Crippen molar-refractivity contribution in [3.05, 3.63) is 69.9 Å². The van der Waals surface area contributed by atoms with E-state index in [4.69, 9.17) is 16.0 Å². The minimum atomic E-state index is -0.311. The molecule has 1 N–H and O–H groups in total. The molecule has 24 heavy (non-hydrogen) atoms. The summed E-state index contributed by atoms with van der Waals surface area (Å²) in [6.45, 7) is 6.32. The Kier molecular flexibility index (Phi) is 4.44. The maximum atomic E-state index is 12.3. The van der Waals surface area contributed by atoms with E-state index < -0.39 is 0 Å². The summed E-state index contributed by atoms with van der Waals surface area (Å²) in [5, 5.41) is 7.77. The zero-order valence-corrected chi connectivity index (χ0v) is 14.5. The van der Waals surface area contributed by atoms with E-state index in [-0.39, 0.29) is 11.7 Å². The number of nitrogens with one attached hydrogen (secondary N) is 1. The third-order valence-electron chi connectivity index (χ3n) is 3.72. The summed E-state index contributed by atoms with van der Waals surface area (Å²) in [5.41, 5.74) is 3.59. The molecule has 0 spiro atoms. The van der Waals surface area contributed by atoms with Gasteiger partial charge in [0.05, 0.1) is 12.2 Å². The first-order valence-electron chi connectivity index (χ1n) is 7.59. The third-order valence-corrected chi connectivity index (χ3v) is 4.13. The Morgan fingerprint density at radius 2 is 2.00 bits per heavy atom. The molecule has 6 heteroatoms. The predicted molar refractivity (Wildman–Crippen MR) is 93.7 cm³/mol. The SMILES string of the molecule is Cc1cc(C)n(Cc2ccc(C(=O)Nc3ccc(C)c(Cl)c3)o2)n1. The van der Waals surface area contributed by atoms with E-state index >= 15 is 0 Å². The van der Waals surface area contributed by atoms with Gasteiger partial charge in [-0.25, -0.2) is 0 Å². The van der Waals surface area contributed by atoms with Crippen molar-refractivity contribution in [3.8, 4) is 0 Å². The fourth-order valence-corrected chi connectivity index (χ4v) is 2.61. The number of carbonyl (C=O) groups excluding carboxylic acids is 1. The minimum absolute atomic E-state index is 0.253. The molecule has 0 bridgehead atoms. The summed E-state index contributed by atoms with van der Waals surface area (Å²) in [6, 6.07) is 10.8. The monoisotopic (exact) mass is 343 g/mol. The van der Waals surface area contributed by atoms with Gasteiger partial charge in [0.25, 0.3) is 5.91 Å². The van der Waals surface area contributed by atoms with Crippen molar-refractivity contribution < 1.29 is 9.21 Å². The molecule has 0 aliphatic carbocycles. The van der Waals surface area contributed by atoms with Crippen LogP contribution in [0.25, 0.3) is 0 Å². The first kappa shape index (κ1) is 16.3. The molecule has 0 atom stereocenters. The molecule has 1 aromatic carbocycles. The highest BCUT2D eigenvalue weighted by Crippen LogP contribution is 2.21. The van der Waals surface area contributed by atoms with Crippen LogP contribution in [0.2, 0.25) is 5.02 Å². The van der Waals surface area contributed by atoms with Crippen molar-refractivity contribution in [2.45, 2.75) is 27.3 Å². The highest BCUT2D eigenvalue weighted by Gasteiger charge is 2.13. The summed E-state index contributed by atoms with van der Waals surface area (Å²) in [4.78, 5) is 12.3. The number of benzene rings is 1. The van der Waals surface area contributed by atoms with Gasteiger partial charge < -0.3 is 9.73 Å². The van der Waals surface area contributed by atoms with Gasteiger partial charge in [-0.15, -0.1) is 0 Å². The lowest BCUT2D eigenvalue weighted by molar-refractivity contribution is 0.0994. The van der Waals surface area contributed by atoms with Crippen molar-refractivity contribution in [3.63, 3.8) is 0 Å². The Balaban J connectivity index is 1.71. The van der Waals surface area contributed by atoms with Crippen molar-refractivity contribution in [2.75, 3.05) is 5.32 Å². The second kappa shape index (κ2) is 6.53. The van der Waals surface area contributed by atoms with Gasteiger partial charge in [0.2, 0.25) is 0 Å². The van der Waals surface area contributed by atoms with Gasteiger partial charge in [0.1, 0.15) is 5.76 Å². The standard InChI is InChI=1S/C18H18ClN3O2/c1-11-4-5-14(9-16(11)19)20-18(23)17-7-6-15(24-17)10-22-13(3)8-12(2)21-22/h4-9H,10H2,1-3H3,(H,20,23). The average Bonchev–Trinajstić information content (AvgIpc) is 3.10. The molecular formula is C18H18ClN3O2. The first-order chi connectivity index (χ1) is 11.4. The first-order valence-corrected chi connectivity index (χ1v) is 7.97. The fraction of sp³-hybridized carbons (Fsp3) is 0.222. The summed E-state index contributed by atoms with van der Waals surface area (Å²) >= 11 is 6.07. The van der Waals surface area contributed by atoms with Gasteiger partial charge >= 0.3 is 0 Å². The van der Waals surface area contributed by atoms with Crippen LogP contribution < -0.4 is 5.32 Å². The highest BCUT2D eigenvalue weighted by molar-refractivity contribution is 6.31. The van der Waals surface area contributed by atoms with Crippen LogP contribution in [0.5, 0.6) is 0 Å². The number of nitrogens with zero attached hydrogens (tertiary/aromatic N) is 2. The molecule has 0 saturated heterocycles. The molecule has 1 amide bonds. The largest absolute Gasteiger partial charge is 0.454 e. The number of halogens is 1. The molecule has 0 radical (unpaired) electrons. The zero-order valence-electron chi connectivity index (χ0n) is 13.8. The lowest BCUT2D eigenvalue weighted by Gasteiger charge is -2.05. The second-order valence-corrected chi connectivity index (χ2v) is 6.18. The van der Waals surface area contributed by atoms with Crippen LogP contribution in [0.4, 0.5) is 5.69 Å². The third kappa shape index (κ3) is 3.51. The molecular weight excluding hydrogens is 326 g/mol. The van der Waals surface area contributed by atoms with Gasteiger partial charge in [0, 0.05) is 16.4 Å². The number of carbonyl (C=O) groups is 1. The molecule has 3 aromatic rings. The Morgan fingerprint density at radius 3 is 2.67 bits per heavy atom. The Hall–Kier alpha value is -2.53. The molecule has 0 aliphatic heterocycles. The number of amides is 1. The van der Waals surface area contributed by atoms with E-state index in [9.17, 15) is 4.79 Å². The Morgan fingerprint density at radius 1 is 1.21 bits per heavy atom. The summed E-state index contributed by atoms with van der Waals surface area (Å²) in [6.07, 6.45) is 0. The van der Waals surface area contributed by atoms with Crippen LogP contribution >= 0.6 is 11.6 Å². The van der Waals surface area contributed by atoms with Crippen LogP contribution in [0.3, 0.4) is 0 Å². The Labute approximate surface area is 145 Å².